The van der Waals surface area contributed by atoms with Crippen LogP contribution in [0.15, 0.2) is 10.7 Å². The number of carbonyl (C=O) groups excluding carboxylic acids is 1. The second kappa shape index (κ2) is 7.68. The average Bonchev–Trinajstić information content (AvgIpc) is 2.54. The van der Waals surface area contributed by atoms with E-state index in [-0.39, 0.29) is 11.3 Å². The van der Waals surface area contributed by atoms with Crippen LogP contribution in [0.1, 0.15) is 33.6 Å². The Morgan fingerprint density at radius 1 is 1.42 bits per heavy atom. The van der Waals surface area contributed by atoms with Crippen LogP contribution < -0.4 is 9.64 Å². The minimum absolute atomic E-state index is 0.200. The lowest BCUT2D eigenvalue weighted by Crippen LogP contribution is -2.43. The maximum atomic E-state index is 12.3. The Morgan fingerprint density at radius 3 is 2.58 bits per heavy atom. The number of ether oxygens (including phenoxy) is 1. The maximum absolute atomic E-state index is 12.3. The Balaban J connectivity index is 1.91. The smallest absolute Gasteiger partial charge is 0.232 e. The first kappa shape index (κ1) is 19.0. The summed E-state index contributed by atoms with van der Waals surface area (Å²) in [5, 5.41) is 0. The minimum atomic E-state index is -0.322. The molecule has 0 N–H and O–H groups in total. The second-order valence-corrected chi connectivity index (χ2v) is 8.25. The molecule has 0 aromatic carbocycles. The van der Waals surface area contributed by atoms with Gasteiger partial charge in [0.25, 0.3) is 0 Å². The van der Waals surface area contributed by atoms with E-state index in [2.05, 4.69) is 30.8 Å². The molecule has 1 aliphatic heterocycles. The van der Waals surface area contributed by atoms with Gasteiger partial charge in [0.1, 0.15) is 0 Å². The number of nitrogens with zero attached hydrogens (tertiary/aromatic N) is 4. The Bertz CT molecular complexity index is 580. The van der Waals surface area contributed by atoms with Crippen molar-refractivity contribution in [2.75, 3.05) is 38.7 Å². The standard InChI is InChI=1S/C17H27BrN4O2/c1-17(2,3)15(23)21(4)11-12-6-8-22(9-7-12)16-19-10-13(18)14(20-16)24-5/h10,12H,6-9,11H2,1-5H3. The molecule has 1 saturated heterocycles. The van der Waals surface area contributed by atoms with Gasteiger partial charge in [-0.25, -0.2) is 4.98 Å². The molecule has 1 aliphatic rings. The van der Waals surface area contributed by atoms with Crippen LogP contribution in [0.4, 0.5) is 5.95 Å². The van der Waals surface area contributed by atoms with Gasteiger partial charge in [-0.3, -0.25) is 4.79 Å². The lowest BCUT2D eigenvalue weighted by atomic mass is 9.92. The second-order valence-electron chi connectivity index (χ2n) is 7.39. The van der Waals surface area contributed by atoms with E-state index in [1.54, 1.807) is 13.3 Å². The zero-order chi connectivity index (χ0) is 17.9. The summed E-state index contributed by atoms with van der Waals surface area (Å²) in [4.78, 5) is 25.2. The number of methoxy groups -OCH3 is 1. The predicted octanol–water partition coefficient (Wildman–Crippen LogP) is 2.97. The molecule has 0 aliphatic carbocycles. The topological polar surface area (TPSA) is 58.6 Å². The van der Waals surface area contributed by atoms with Crippen LogP contribution in [0.3, 0.4) is 0 Å². The Kier molecular flexibility index (Phi) is 6.06. The fraction of sp³-hybridized carbons (Fsp3) is 0.706. The molecule has 0 atom stereocenters. The van der Waals surface area contributed by atoms with Crippen LogP contribution >= 0.6 is 15.9 Å². The summed E-state index contributed by atoms with van der Waals surface area (Å²) >= 11 is 3.37. The van der Waals surface area contributed by atoms with Crippen LogP contribution in [0, 0.1) is 11.3 Å². The molecule has 1 amide bonds. The van der Waals surface area contributed by atoms with Crippen molar-refractivity contribution in [1.82, 2.24) is 14.9 Å². The number of carbonyl (C=O) groups is 1. The van der Waals surface area contributed by atoms with Gasteiger partial charge in [-0.2, -0.15) is 4.98 Å². The Hall–Kier alpha value is -1.37. The fourth-order valence-corrected chi connectivity index (χ4v) is 3.35. The molecule has 2 rings (SSSR count). The lowest BCUT2D eigenvalue weighted by Gasteiger charge is -2.35. The molecule has 2 heterocycles. The first-order chi connectivity index (χ1) is 11.2. The van der Waals surface area contributed by atoms with Crippen molar-refractivity contribution in [2.45, 2.75) is 33.6 Å². The summed E-state index contributed by atoms with van der Waals surface area (Å²) in [6.07, 6.45) is 3.79. The number of hydrogen-bond acceptors (Lipinski definition) is 5. The van der Waals surface area contributed by atoms with E-state index in [0.717, 1.165) is 36.9 Å². The third kappa shape index (κ3) is 4.59. The molecule has 1 aromatic rings. The highest BCUT2D eigenvalue weighted by molar-refractivity contribution is 9.10. The molecule has 24 heavy (non-hydrogen) atoms. The van der Waals surface area contributed by atoms with Crippen molar-refractivity contribution in [1.29, 1.82) is 0 Å². The number of amides is 1. The van der Waals surface area contributed by atoms with Gasteiger partial charge in [-0.15, -0.1) is 0 Å². The van der Waals surface area contributed by atoms with E-state index in [9.17, 15) is 4.79 Å². The van der Waals surface area contributed by atoms with Crippen molar-refractivity contribution in [2.24, 2.45) is 11.3 Å². The van der Waals surface area contributed by atoms with Gasteiger partial charge in [0.2, 0.25) is 17.7 Å². The molecule has 0 saturated carbocycles. The quantitative estimate of drug-likeness (QED) is 0.779. The number of aromatic nitrogens is 2. The van der Waals surface area contributed by atoms with E-state index in [0.29, 0.717) is 17.7 Å². The van der Waals surface area contributed by atoms with Crippen molar-refractivity contribution >= 4 is 27.8 Å². The lowest BCUT2D eigenvalue weighted by molar-refractivity contribution is -0.138. The van der Waals surface area contributed by atoms with Gasteiger partial charge in [-0.05, 0) is 34.7 Å². The molecule has 0 unspecified atom stereocenters. The normalized spacial score (nSPS) is 16.2. The molecule has 7 heteroatoms. The highest BCUT2D eigenvalue weighted by Gasteiger charge is 2.28. The van der Waals surface area contributed by atoms with Crippen LogP contribution in [-0.4, -0.2) is 54.6 Å². The van der Waals surface area contributed by atoms with Gasteiger partial charge in [0.05, 0.1) is 17.8 Å². The molecular formula is C17H27BrN4O2. The fourth-order valence-electron chi connectivity index (χ4n) is 3.00. The number of rotatable bonds is 4. The zero-order valence-electron chi connectivity index (χ0n) is 15.2. The largest absolute Gasteiger partial charge is 0.480 e. The molecule has 134 valence electrons. The predicted molar refractivity (Wildman–Crippen MR) is 98.3 cm³/mol. The van der Waals surface area contributed by atoms with Gasteiger partial charge in [0.15, 0.2) is 0 Å². The SMILES string of the molecule is COc1nc(N2CCC(CN(C)C(=O)C(C)(C)C)CC2)ncc1Br. The average molecular weight is 399 g/mol. The first-order valence-electron chi connectivity index (χ1n) is 8.29. The number of halogens is 1. The summed E-state index contributed by atoms with van der Waals surface area (Å²) in [5.41, 5.74) is -0.322. The molecule has 0 bridgehead atoms. The zero-order valence-corrected chi connectivity index (χ0v) is 16.8. The van der Waals surface area contributed by atoms with E-state index >= 15 is 0 Å². The summed E-state index contributed by atoms with van der Waals surface area (Å²) in [6.45, 7) is 8.50. The van der Waals surface area contributed by atoms with Crippen LogP contribution in [0.5, 0.6) is 5.88 Å². The third-order valence-corrected chi connectivity index (χ3v) is 4.85. The van der Waals surface area contributed by atoms with Crippen molar-refractivity contribution < 1.29 is 9.53 Å². The van der Waals surface area contributed by atoms with Crippen molar-refractivity contribution in [3.05, 3.63) is 10.7 Å². The summed E-state index contributed by atoms with van der Waals surface area (Å²) in [5.74, 6) is 1.98. The Morgan fingerprint density at radius 2 is 2.04 bits per heavy atom. The monoisotopic (exact) mass is 398 g/mol. The first-order valence-corrected chi connectivity index (χ1v) is 9.08. The molecule has 1 fully saturated rings. The van der Waals surface area contributed by atoms with Gasteiger partial charge < -0.3 is 14.5 Å². The number of hydrogen-bond donors (Lipinski definition) is 0. The molecular weight excluding hydrogens is 372 g/mol. The van der Waals surface area contributed by atoms with Crippen molar-refractivity contribution in [3.8, 4) is 5.88 Å². The van der Waals surface area contributed by atoms with Gasteiger partial charge >= 0.3 is 0 Å². The van der Waals surface area contributed by atoms with Crippen LogP contribution in [-0.2, 0) is 4.79 Å². The van der Waals surface area contributed by atoms with E-state index < -0.39 is 0 Å². The summed E-state index contributed by atoms with van der Waals surface area (Å²) < 4.78 is 6.00. The van der Waals surface area contributed by atoms with Crippen LogP contribution in [0.25, 0.3) is 0 Å². The van der Waals surface area contributed by atoms with E-state index in [1.165, 1.54) is 0 Å². The third-order valence-electron chi connectivity index (χ3n) is 4.31. The maximum Gasteiger partial charge on any atom is 0.232 e. The van der Waals surface area contributed by atoms with E-state index in [1.807, 2.05) is 32.7 Å². The summed E-state index contributed by atoms with van der Waals surface area (Å²) in [6, 6.07) is 0. The highest BCUT2D eigenvalue weighted by Crippen LogP contribution is 2.27. The molecule has 0 radical (unpaired) electrons. The van der Waals surface area contributed by atoms with E-state index in [4.69, 9.17) is 4.74 Å². The molecule has 6 nitrogen and oxygen atoms in total. The Labute approximate surface area is 152 Å². The number of piperidine rings is 1. The van der Waals surface area contributed by atoms with Gasteiger partial charge in [-0.1, -0.05) is 20.8 Å². The highest BCUT2D eigenvalue weighted by atomic mass is 79.9. The molecule has 1 aromatic heterocycles. The summed E-state index contributed by atoms with van der Waals surface area (Å²) in [7, 11) is 3.51. The van der Waals surface area contributed by atoms with Gasteiger partial charge in [0, 0.05) is 32.1 Å². The molecule has 0 spiro atoms. The number of anilines is 1. The minimum Gasteiger partial charge on any atom is -0.480 e. The van der Waals surface area contributed by atoms with Crippen LogP contribution in [0.2, 0.25) is 0 Å². The van der Waals surface area contributed by atoms with Crippen molar-refractivity contribution in [3.63, 3.8) is 0 Å².